The van der Waals surface area contributed by atoms with Crippen LogP contribution in [0.4, 0.5) is 13.2 Å². The van der Waals surface area contributed by atoms with Gasteiger partial charge < -0.3 is 26.0 Å². The molecule has 11 heteroatoms. The quantitative estimate of drug-likeness (QED) is 0.264. The maximum absolute atomic E-state index is 11.7. The van der Waals surface area contributed by atoms with Gasteiger partial charge in [-0.25, -0.2) is 9.79 Å². The first-order chi connectivity index (χ1) is 14.4. The number of carbonyl (C=O) groups excluding carboxylic acids is 1. The molecule has 0 heterocycles. The molecule has 1 aromatic carbocycles. The molecule has 0 saturated carbocycles. The van der Waals surface area contributed by atoms with E-state index >= 15 is 0 Å². The first kappa shape index (κ1) is 26.1. The predicted octanol–water partition coefficient (Wildman–Crippen LogP) is 2.77. The molecule has 2 unspecified atom stereocenters. The second-order valence-corrected chi connectivity index (χ2v) is 6.98. The number of hydrogen-bond acceptors (Lipinski definition) is 5. The van der Waals surface area contributed by atoms with Gasteiger partial charge in [0.1, 0.15) is 5.75 Å². The van der Waals surface area contributed by atoms with Gasteiger partial charge in [-0.3, -0.25) is 4.79 Å². The minimum atomic E-state index is -5.08. The van der Waals surface area contributed by atoms with E-state index in [1.165, 1.54) is 11.1 Å². The van der Waals surface area contributed by atoms with Gasteiger partial charge in [-0.2, -0.15) is 13.2 Å². The van der Waals surface area contributed by atoms with Crippen LogP contribution in [-0.2, 0) is 27.2 Å². The Balaban J connectivity index is 0.000000592. The lowest BCUT2D eigenvalue weighted by molar-refractivity contribution is -0.192. The molecule has 5 N–H and O–H groups in total. The second-order valence-electron chi connectivity index (χ2n) is 6.98. The second kappa shape index (κ2) is 12.0. The smallest absolute Gasteiger partial charge is 0.475 e. The summed E-state index contributed by atoms with van der Waals surface area (Å²) in [5.41, 5.74) is 13.3. The molecule has 0 saturated heterocycles. The molecular formula is C20H28F3N3O5. The molecule has 0 spiro atoms. The molecule has 2 rings (SSSR count). The number of alkyl halides is 3. The molecule has 31 heavy (non-hydrogen) atoms. The van der Waals surface area contributed by atoms with Crippen LogP contribution in [0.5, 0.6) is 5.75 Å². The summed E-state index contributed by atoms with van der Waals surface area (Å²) in [6, 6.07) is 6.07. The molecule has 2 atom stereocenters. The molecule has 0 amide bonds. The number of aryl methyl sites for hydroxylation is 1. The van der Waals surface area contributed by atoms with Crippen LogP contribution in [0.3, 0.4) is 0 Å². The van der Waals surface area contributed by atoms with E-state index in [2.05, 4.69) is 17.1 Å². The Hall–Kier alpha value is -2.98. The summed E-state index contributed by atoms with van der Waals surface area (Å²) < 4.78 is 42.5. The van der Waals surface area contributed by atoms with Gasteiger partial charge in [0.15, 0.2) is 12.2 Å². The number of benzene rings is 1. The number of rotatable bonds is 6. The van der Waals surface area contributed by atoms with Crippen LogP contribution >= 0.6 is 0 Å². The number of nitrogens with zero attached hydrogens (tertiary/aromatic N) is 1. The minimum absolute atomic E-state index is 0.0130. The van der Waals surface area contributed by atoms with Gasteiger partial charge in [0.25, 0.3) is 0 Å². The Morgan fingerprint density at radius 1 is 1.29 bits per heavy atom. The van der Waals surface area contributed by atoms with Crippen LogP contribution in [0.15, 0.2) is 23.2 Å². The molecule has 0 radical (unpaired) electrons. The van der Waals surface area contributed by atoms with Gasteiger partial charge in [-0.15, -0.1) is 0 Å². The molecule has 1 aromatic rings. The number of nitrogens with two attached hydrogens (primary N) is 2. The zero-order valence-corrected chi connectivity index (χ0v) is 17.4. The van der Waals surface area contributed by atoms with E-state index in [1.807, 2.05) is 13.0 Å². The van der Waals surface area contributed by atoms with Gasteiger partial charge in [0, 0.05) is 6.42 Å². The first-order valence-corrected chi connectivity index (χ1v) is 9.75. The Morgan fingerprint density at radius 2 is 1.94 bits per heavy atom. The highest BCUT2D eigenvalue weighted by Gasteiger charge is 2.38. The number of fused-ring (bicyclic) bond motifs is 1. The van der Waals surface area contributed by atoms with Gasteiger partial charge in [-0.1, -0.05) is 6.07 Å². The van der Waals surface area contributed by atoms with Crippen molar-refractivity contribution in [3.05, 3.63) is 29.3 Å². The number of aliphatic carboxylic acids is 1. The number of carboxylic acid groups (broad SMARTS) is 1. The van der Waals surface area contributed by atoms with Gasteiger partial charge >= 0.3 is 18.1 Å². The summed E-state index contributed by atoms with van der Waals surface area (Å²) in [6.45, 7) is 4.07. The van der Waals surface area contributed by atoms with Crippen molar-refractivity contribution in [2.24, 2.45) is 22.4 Å². The minimum Gasteiger partial charge on any atom is -0.475 e. The van der Waals surface area contributed by atoms with Crippen molar-refractivity contribution in [3.63, 3.8) is 0 Å². The molecule has 0 aromatic heterocycles. The molecular weight excluding hydrogens is 419 g/mol. The fourth-order valence-electron chi connectivity index (χ4n) is 3.16. The zero-order valence-electron chi connectivity index (χ0n) is 17.4. The normalized spacial score (nSPS) is 16.5. The zero-order chi connectivity index (χ0) is 23.6. The van der Waals surface area contributed by atoms with Crippen molar-refractivity contribution < 1.29 is 37.3 Å². The lowest BCUT2D eigenvalue weighted by Crippen LogP contribution is -2.26. The SMILES string of the molecule is CCOC(=O)CC1CCCc2cc(OC(C)N=C(N)N)ccc2C1.O=C(O)C(F)(F)F. The van der Waals surface area contributed by atoms with Crippen molar-refractivity contribution in [1.29, 1.82) is 0 Å². The standard InChI is InChI=1S/C18H27N3O3.C2HF3O2/c1-3-23-17(22)10-13-5-4-6-14-11-16(8-7-15(14)9-13)24-12(2)21-18(19)20;3-2(4,5)1(6)7/h7-8,11-13H,3-6,9-10H2,1-2H3,(H4,19,20,21);(H,6,7). The number of carbonyl (C=O) groups is 2. The maximum atomic E-state index is 11.7. The number of hydrogen-bond donors (Lipinski definition) is 3. The number of halogens is 3. The van der Waals surface area contributed by atoms with Crippen LogP contribution in [-0.4, -0.2) is 42.0 Å². The monoisotopic (exact) mass is 447 g/mol. The highest BCUT2D eigenvalue weighted by molar-refractivity contribution is 5.75. The van der Waals surface area contributed by atoms with E-state index in [1.54, 1.807) is 6.92 Å². The molecule has 0 aliphatic heterocycles. The van der Waals surface area contributed by atoms with E-state index in [0.717, 1.165) is 31.4 Å². The van der Waals surface area contributed by atoms with Crippen LogP contribution in [0.2, 0.25) is 0 Å². The number of esters is 1. The topological polar surface area (TPSA) is 137 Å². The van der Waals surface area contributed by atoms with Gasteiger partial charge in [0.2, 0.25) is 0 Å². The average Bonchev–Trinajstić information content (AvgIpc) is 2.82. The van der Waals surface area contributed by atoms with Crippen molar-refractivity contribution in [1.82, 2.24) is 0 Å². The van der Waals surface area contributed by atoms with Crippen molar-refractivity contribution in [2.75, 3.05) is 6.61 Å². The predicted molar refractivity (Wildman–Crippen MR) is 107 cm³/mol. The number of aliphatic imine (C=N–C) groups is 1. The summed E-state index contributed by atoms with van der Waals surface area (Å²) >= 11 is 0. The number of ether oxygens (including phenoxy) is 2. The fraction of sp³-hybridized carbons (Fsp3) is 0.550. The highest BCUT2D eigenvalue weighted by atomic mass is 19.4. The third kappa shape index (κ3) is 10.1. The van der Waals surface area contributed by atoms with Crippen molar-refractivity contribution >= 4 is 17.9 Å². The van der Waals surface area contributed by atoms with Crippen molar-refractivity contribution in [2.45, 2.75) is 58.4 Å². The molecule has 0 bridgehead atoms. The molecule has 1 aliphatic carbocycles. The Kier molecular flexibility index (Phi) is 10.1. The molecule has 174 valence electrons. The third-order valence-corrected chi connectivity index (χ3v) is 4.39. The summed E-state index contributed by atoms with van der Waals surface area (Å²) in [4.78, 5) is 24.6. The maximum Gasteiger partial charge on any atom is 0.490 e. The van der Waals surface area contributed by atoms with E-state index < -0.39 is 18.4 Å². The Morgan fingerprint density at radius 3 is 2.48 bits per heavy atom. The van der Waals surface area contributed by atoms with Crippen LogP contribution in [0, 0.1) is 5.92 Å². The summed E-state index contributed by atoms with van der Waals surface area (Å²) in [6.07, 6.45) is -1.03. The first-order valence-electron chi connectivity index (χ1n) is 9.75. The fourth-order valence-corrected chi connectivity index (χ4v) is 3.16. The van der Waals surface area contributed by atoms with E-state index in [9.17, 15) is 18.0 Å². The lowest BCUT2D eigenvalue weighted by atomic mass is 9.94. The Labute approximate surface area is 178 Å². The van der Waals surface area contributed by atoms with Gasteiger partial charge in [-0.05, 0) is 68.7 Å². The number of guanidine groups is 1. The van der Waals surface area contributed by atoms with Crippen LogP contribution in [0.25, 0.3) is 0 Å². The van der Waals surface area contributed by atoms with E-state index in [0.29, 0.717) is 18.9 Å². The van der Waals surface area contributed by atoms with E-state index in [-0.39, 0.29) is 11.9 Å². The molecule has 0 fully saturated rings. The Bertz CT molecular complexity index is 780. The number of carboxylic acids is 1. The largest absolute Gasteiger partial charge is 0.490 e. The summed E-state index contributed by atoms with van der Waals surface area (Å²) in [5.74, 6) is -1.74. The average molecular weight is 447 g/mol. The van der Waals surface area contributed by atoms with Crippen LogP contribution in [0.1, 0.15) is 44.2 Å². The van der Waals surface area contributed by atoms with Crippen LogP contribution < -0.4 is 16.2 Å². The van der Waals surface area contributed by atoms with E-state index in [4.69, 9.17) is 30.8 Å². The highest BCUT2D eigenvalue weighted by Crippen LogP contribution is 2.29. The third-order valence-electron chi connectivity index (χ3n) is 4.39. The summed E-state index contributed by atoms with van der Waals surface area (Å²) in [5, 5.41) is 7.12. The molecule has 1 aliphatic rings. The van der Waals surface area contributed by atoms with Crippen molar-refractivity contribution in [3.8, 4) is 5.75 Å². The summed E-state index contributed by atoms with van der Waals surface area (Å²) in [7, 11) is 0. The lowest BCUT2D eigenvalue weighted by Gasteiger charge is -2.15. The molecule has 8 nitrogen and oxygen atoms in total. The van der Waals surface area contributed by atoms with Gasteiger partial charge in [0.05, 0.1) is 6.61 Å².